The molecule has 4 aromatic carbocycles. The van der Waals surface area contributed by atoms with Crippen molar-refractivity contribution in [3.63, 3.8) is 0 Å². The minimum absolute atomic E-state index is 0.00210. The number of nitrogens with one attached hydrogen (secondary N) is 2. The summed E-state index contributed by atoms with van der Waals surface area (Å²) in [6.45, 7) is 8.03. The lowest BCUT2D eigenvalue weighted by Gasteiger charge is -2.26. The molecule has 0 radical (unpaired) electrons. The van der Waals surface area contributed by atoms with Gasteiger partial charge in [-0.15, -0.1) is 0 Å². The molecule has 3 unspecified atom stereocenters. The van der Waals surface area contributed by atoms with E-state index in [2.05, 4.69) is 25.7 Å². The maximum Gasteiger partial charge on any atom is 0.287 e. The molecule has 6 aromatic rings. The van der Waals surface area contributed by atoms with E-state index in [9.17, 15) is 28.8 Å². The number of carbonyl (C=O) groups excluding carboxylic acids is 6. The molecule has 0 spiro atoms. The maximum absolute atomic E-state index is 13.7. The summed E-state index contributed by atoms with van der Waals surface area (Å²) in [4.78, 5) is 79.3. The van der Waals surface area contributed by atoms with E-state index in [1.54, 1.807) is 93.8 Å². The number of hydrogen-bond donors (Lipinski definition) is 4. The van der Waals surface area contributed by atoms with E-state index < -0.39 is 53.4 Å². The lowest BCUT2D eigenvalue weighted by molar-refractivity contribution is -0.137. The first-order valence-corrected chi connectivity index (χ1v) is 23.0. The van der Waals surface area contributed by atoms with Crippen molar-refractivity contribution in [2.45, 2.75) is 51.4 Å². The van der Waals surface area contributed by atoms with Crippen LogP contribution in [0.15, 0.2) is 115 Å². The third kappa shape index (κ3) is 13.7. The molecule has 3 heterocycles. The molecule has 6 N–H and O–H groups in total. The Morgan fingerprint density at radius 2 is 1.14 bits per heavy atom. The molecule has 1 saturated heterocycles. The SMILES string of the molecule is COC(COCCOc1ccc(-n2nc(C)cc2C(=O)NC(Cc2ccccc2)C(=O)C(N)=O)cc1)c1ccc(CC(NC(=O)c2cc(C)nn2-c2ccc(CN3CCOCC3)cc2)C(=O)C(N)=O)cc1. The van der Waals surface area contributed by atoms with Crippen molar-refractivity contribution in [2.24, 2.45) is 11.5 Å². The zero-order chi connectivity index (χ0) is 50.4. The Morgan fingerprint density at radius 3 is 1.65 bits per heavy atom. The molecule has 71 heavy (non-hydrogen) atoms. The third-order valence-electron chi connectivity index (χ3n) is 11.8. The van der Waals surface area contributed by atoms with Crippen molar-refractivity contribution in [3.05, 3.63) is 160 Å². The first-order chi connectivity index (χ1) is 34.3. The second kappa shape index (κ2) is 24.1. The van der Waals surface area contributed by atoms with Crippen molar-refractivity contribution >= 4 is 35.2 Å². The van der Waals surface area contributed by atoms with Gasteiger partial charge in [-0.1, -0.05) is 66.7 Å². The van der Waals surface area contributed by atoms with E-state index in [0.717, 1.165) is 36.3 Å². The zero-order valence-corrected chi connectivity index (χ0v) is 39.7. The van der Waals surface area contributed by atoms with Crippen molar-refractivity contribution in [2.75, 3.05) is 53.2 Å². The highest BCUT2D eigenvalue weighted by atomic mass is 16.5. The number of nitrogens with two attached hydrogens (primary N) is 2. The molecule has 0 aliphatic carbocycles. The normalized spacial score (nSPS) is 14.0. The molecule has 0 bridgehead atoms. The summed E-state index contributed by atoms with van der Waals surface area (Å²) >= 11 is 0. The van der Waals surface area contributed by atoms with E-state index in [1.807, 2.05) is 42.5 Å². The highest BCUT2D eigenvalue weighted by Crippen LogP contribution is 2.22. The minimum Gasteiger partial charge on any atom is -0.491 e. The number of primary amides is 2. The molecule has 1 aliphatic rings. The number of aryl methyl sites for hydroxylation is 2. The van der Waals surface area contributed by atoms with E-state index in [1.165, 1.54) is 9.36 Å². The van der Waals surface area contributed by atoms with Gasteiger partial charge in [-0.05, 0) is 84.6 Å². The standard InChI is InChI=1S/C52H57N9O10/c1-33-27-44(60(57-33)39-15-11-37(12-16-39)31-59-21-23-69-24-22-59)51(66)56-43(48(63)50(54)65)30-36-9-13-38(14-10-36)46(68-3)32-70-25-26-71-41-19-17-40(18-20-41)61-45(28-34(2)58-61)52(67)55-42(47(62)49(53)64)29-35-7-5-4-6-8-35/h4-20,27-28,42-43,46H,21-26,29-32H2,1-3H3,(H2,53,64)(H2,54,65)(H,55,67)(H,56,66). The van der Waals surface area contributed by atoms with Crippen LogP contribution in [0.3, 0.4) is 0 Å². The van der Waals surface area contributed by atoms with E-state index in [-0.39, 0.29) is 44.1 Å². The molecule has 0 saturated carbocycles. The molecule has 2 aromatic heterocycles. The Bertz CT molecular complexity index is 2810. The van der Waals surface area contributed by atoms with Crippen LogP contribution in [-0.4, -0.2) is 125 Å². The highest BCUT2D eigenvalue weighted by molar-refractivity contribution is 6.38. The van der Waals surface area contributed by atoms with Gasteiger partial charge in [0.1, 0.15) is 41.9 Å². The number of rotatable bonds is 24. The van der Waals surface area contributed by atoms with E-state index >= 15 is 0 Å². The van der Waals surface area contributed by atoms with Crippen LogP contribution < -0.4 is 26.8 Å². The van der Waals surface area contributed by atoms with Crippen LogP contribution in [0, 0.1) is 13.8 Å². The molecule has 3 atom stereocenters. The van der Waals surface area contributed by atoms with Crippen LogP contribution in [0.5, 0.6) is 5.75 Å². The smallest absolute Gasteiger partial charge is 0.287 e. The molecule has 7 rings (SSSR count). The number of benzene rings is 4. The summed E-state index contributed by atoms with van der Waals surface area (Å²) in [5.74, 6) is -4.83. The topological polar surface area (TPSA) is 254 Å². The molecule has 1 aliphatic heterocycles. The number of nitrogens with zero attached hydrogens (tertiary/aromatic N) is 5. The third-order valence-corrected chi connectivity index (χ3v) is 11.8. The average Bonchev–Trinajstić information content (AvgIpc) is 3.98. The lowest BCUT2D eigenvalue weighted by Crippen LogP contribution is -2.47. The van der Waals surface area contributed by atoms with Gasteiger partial charge in [-0.2, -0.15) is 10.2 Å². The number of ketones is 2. The number of morpholine rings is 1. The highest BCUT2D eigenvalue weighted by Gasteiger charge is 2.29. The number of methoxy groups -OCH3 is 1. The average molecular weight is 968 g/mol. The van der Waals surface area contributed by atoms with Gasteiger partial charge < -0.3 is 41.0 Å². The van der Waals surface area contributed by atoms with Crippen LogP contribution in [0.1, 0.15) is 60.7 Å². The molecule has 19 nitrogen and oxygen atoms in total. The molecule has 4 amide bonds. The number of amides is 4. The second-order valence-electron chi connectivity index (χ2n) is 17.0. The van der Waals surface area contributed by atoms with Gasteiger partial charge in [-0.3, -0.25) is 33.7 Å². The van der Waals surface area contributed by atoms with Crippen molar-refractivity contribution in [1.29, 1.82) is 0 Å². The van der Waals surface area contributed by atoms with Crippen molar-refractivity contribution < 1.29 is 47.7 Å². The van der Waals surface area contributed by atoms with Gasteiger partial charge in [0.15, 0.2) is 0 Å². The van der Waals surface area contributed by atoms with Crippen molar-refractivity contribution in [1.82, 2.24) is 35.1 Å². The Morgan fingerprint density at radius 1 is 0.648 bits per heavy atom. The first-order valence-electron chi connectivity index (χ1n) is 23.0. The van der Waals surface area contributed by atoms with E-state index in [0.29, 0.717) is 47.3 Å². The summed E-state index contributed by atoms with van der Waals surface area (Å²) in [7, 11) is 1.56. The number of carbonyl (C=O) groups is 6. The molecular formula is C52H57N9O10. The molecule has 1 fully saturated rings. The monoisotopic (exact) mass is 967 g/mol. The minimum atomic E-state index is -1.24. The largest absolute Gasteiger partial charge is 0.491 e. The van der Waals surface area contributed by atoms with Crippen LogP contribution in [-0.2, 0) is 52.8 Å². The predicted molar refractivity (Wildman–Crippen MR) is 260 cm³/mol. The van der Waals surface area contributed by atoms with E-state index in [4.69, 9.17) is 30.4 Å². The molecular weight excluding hydrogens is 911 g/mol. The zero-order valence-electron chi connectivity index (χ0n) is 39.7. The Balaban J connectivity index is 0.899. The Labute approximate surface area is 410 Å². The Kier molecular flexibility index (Phi) is 17.3. The quantitative estimate of drug-likeness (QED) is 0.0503. The van der Waals surface area contributed by atoms with Crippen LogP contribution in [0.2, 0.25) is 0 Å². The Hall–Kier alpha value is -7.84. The summed E-state index contributed by atoms with van der Waals surface area (Å²) in [5.41, 5.74) is 16.8. The van der Waals surface area contributed by atoms with Gasteiger partial charge in [0.2, 0.25) is 11.6 Å². The maximum atomic E-state index is 13.7. The number of aromatic nitrogens is 4. The fourth-order valence-electron chi connectivity index (χ4n) is 8.05. The first kappa shape index (κ1) is 51.0. The van der Waals surface area contributed by atoms with Gasteiger partial charge >= 0.3 is 0 Å². The lowest BCUT2D eigenvalue weighted by atomic mass is 9.99. The van der Waals surface area contributed by atoms with Gasteiger partial charge in [0.05, 0.1) is 49.2 Å². The van der Waals surface area contributed by atoms with Gasteiger partial charge in [0.25, 0.3) is 23.6 Å². The summed E-state index contributed by atoms with van der Waals surface area (Å²) in [6.07, 6.45) is -0.373. The summed E-state index contributed by atoms with van der Waals surface area (Å²) < 4.78 is 25.9. The summed E-state index contributed by atoms with van der Waals surface area (Å²) in [6, 6.07) is 31.6. The fourth-order valence-corrected chi connectivity index (χ4v) is 8.05. The summed E-state index contributed by atoms with van der Waals surface area (Å²) in [5, 5.41) is 14.4. The predicted octanol–water partition coefficient (Wildman–Crippen LogP) is 3.08. The molecule has 370 valence electrons. The number of ether oxygens (including phenoxy) is 4. The van der Waals surface area contributed by atoms with Gasteiger partial charge in [-0.25, -0.2) is 9.36 Å². The number of Topliss-reactive ketones (excluding diaryl/α,β-unsaturated/α-hetero) is 2. The van der Waals surface area contributed by atoms with Crippen LogP contribution in [0.25, 0.3) is 11.4 Å². The number of hydrogen-bond acceptors (Lipinski definition) is 13. The fraction of sp³-hybridized carbons (Fsp3) is 0.308. The second-order valence-corrected chi connectivity index (χ2v) is 17.0. The molecule has 19 heteroatoms. The van der Waals surface area contributed by atoms with Crippen molar-refractivity contribution in [3.8, 4) is 17.1 Å². The van der Waals surface area contributed by atoms with Crippen LogP contribution >= 0.6 is 0 Å². The van der Waals surface area contributed by atoms with Gasteiger partial charge in [0, 0.05) is 39.6 Å². The van der Waals surface area contributed by atoms with Crippen LogP contribution in [0.4, 0.5) is 0 Å².